The van der Waals surface area contributed by atoms with Crippen LogP contribution in [0.5, 0.6) is 0 Å². The first-order valence-corrected chi connectivity index (χ1v) is 8.68. The molecular formula is C19H20ClN3OS. The minimum atomic E-state index is -0.329. The van der Waals surface area contributed by atoms with Crippen molar-refractivity contribution in [2.45, 2.75) is 20.3 Å². The number of carbonyl (C=O) groups excluding carboxylic acids is 1. The number of hydrogen-bond donors (Lipinski definition) is 3. The lowest BCUT2D eigenvalue weighted by Gasteiger charge is -2.15. The van der Waals surface area contributed by atoms with Crippen LogP contribution < -0.4 is 16.2 Å². The van der Waals surface area contributed by atoms with Gasteiger partial charge in [-0.1, -0.05) is 54.9 Å². The summed E-state index contributed by atoms with van der Waals surface area (Å²) in [5.74, 6) is -0.329. The minimum absolute atomic E-state index is 0.323. The van der Waals surface area contributed by atoms with Crippen molar-refractivity contribution >= 4 is 46.6 Å². The predicted octanol–water partition coefficient (Wildman–Crippen LogP) is 4.24. The third-order valence-electron chi connectivity index (χ3n) is 3.60. The highest BCUT2D eigenvalue weighted by molar-refractivity contribution is 7.80. The molecular weight excluding hydrogens is 354 g/mol. The summed E-state index contributed by atoms with van der Waals surface area (Å²) in [7, 11) is 0. The van der Waals surface area contributed by atoms with Crippen LogP contribution in [0.25, 0.3) is 6.08 Å². The van der Waals surface area contributed by atoms with Crippen molar-refractivity contribution in [3.8, 4) is 0 Å². The monoisotopic (exact) mass is 373 g/mol. The number of thiocarbonyl (C=S) groups is 1. The summed E-state index contributed by atoms with van der Waals surface area (Å²) in [6.07, 6.45) is 3.92. The van der Waals surface area contributed by atoms with E-state index in [1.807, 2.05) is 43.3 Å². The number of amides is 1. The number of para-hydroxylation sites is 1. The van der Waals surface area contributed by atoms with E-state index in [1.165, 1.54) is 6.08 Å². The Morgan fingerprint density at radius 1 is 1.16 bits per heavy atom. The van der Waals surface area contributed by atoms with Crippen LogP contribution in [0.3, 0.4) is 0 Å². The van der Waals surface area contributed by atoms with Gasteiger partial charge in [0.25, 0.3) is 5.91 Å². The Balaban J connectivity index is 1.90. The van der Waals surface area contributed by atoms with E-state index in [-0.39, 0.29) is 5.91 Å². The molecule has 0 unspecified atom stereocenters. The second-order valence-corrected chi connectivity index (χ2v) is 6.20. The van der Waals surface area contributed by atoms with Gasteiger partial charge in [-0.05, 0) is 54.4 Å². The van der Waals surface area contributed by atoms with Gasteiger partial charge in [0, 0.05) is 16.8 Å². The average Bonchev–Trinajstić information content (AvgIpc) is 2.61. The Labute approximate surface area is 158 Å². The third kappa shape index (κ3) is 5.59. The van der Waals surface area contributed by atoms with Crippen molar-refractivity contribution < 1.29 is 4.79 Å². The zero-order valence-electron chi connectivity index (χ0n) is 14.1. The maximum Gasteiger partial charge on any atom is 0.262 e. The molecule has 0 bridgehead atoms. The van der Waals surface area contributed by atoms with Crippen LogP contribution >= 0.6 is 23.8 Å². The molecule has 0 aromatic heterocycles. The largest absolute Gasteiger partial charge is 0.331 e. The molecule has 0 spiro atoms. The Hall–Kier alpha value is -2.37. The number of anilines is 1. The molecule has 2 aromatic carbocycles. The van der Waals surface area contributed by atoms with Crippen molar-refractivity contribution in [1.82, 2.24) is 10.9 Å². The van der Waals surface area contributed by atoms with Gasteiger partial charge in [0.1, 0.15) is 0 Å². The van der Waals surface area contributed by atoms with Gasteiger partial charge in [-0.3, -0.25) is 15.6 Å². The van der Waals surface area contributed by atoms with E-state index in [0.29, 0.717) is 10.1 Å². The van der Waals surface area contributed by atoms with Crippen molar-refractivity contribution in [1.29, 1.82) is 0 Å². The molecule has 130 valence electrons. The summed E-state index contributed by atoms with van der Waals surface area (Å²) in [6.45, 7) is 4.09. The van der Waals surface area contributed by atoms with Gasteiger partial charge in [-0.2, -0.15) is 0 Å². The van der Waals surface area contributed by atoms with Crippen LogP contribution in [0.4, 0.5) is 5.69 Å². The molecule has 0 radical (unpaired) electrons. The molecule has 0 fully saturated rings. The van der Waals surface area contributed by atoms with E-state index < -0.39 is 0 Å². The van der Waals surface area contributed by atoms with E-state index >= 15 is 0 Å². The minimum Gasteiger partial charge on any atom is -0.331 e. The number of halogens is 1. The van der Waals surface area contributed by atoms with Crippen LogP contribution in [0.1, 0.15) is 23.6 Å². The summed E-state index contributed by atoms with van der Waals surface area (Å²) >= 11 is 11.3. The van der Waals surface area contributed by atoms with Gasteiger partial charge in [-0.15, -0.1) is 0 Å². The average molecular weight is 374 g/mol. The first-order valence-electron chi connectivity index (χ1n) is 7.89. The highest BCUT2D eigenvalue weighted by Gasteiger charge is 2.06. The second-order valence-electron chi connectivity index (χ2n) is 5.39. The van der Waals surface area contributed by atoms with Gasteiger partial charge in [0.15, 0.2) is 5.11 Å². The zero-order valence-corrected chi connectivity index (χ0v) is 15.7. The van der Waals surface area contributed by atoms with E-state index in [0.717, 1.165) is 28.8 Å². The van der Waals surface area contributed by atoms with E-state index in [9.17, 15) is 4.79 Å². The lowest BCUT2D eigenvalue weighted by Crippen LogP contribution is -2.43. The van der Waals surface area contributed by atoms with Crippen LogP contribution in [0.15, 0.2) is 48.5 Å². The Morgan fingerprint density at radius 3 is 2.64 bits per heavy atom. The molecule has 0 saturated heterocycles. The first-order chi connectivity index (χ1) is 12.0. The molecule has 0 aliphatic heterocycles. The topological polar surface area (TPSA) is 53.2 Å². The summed E-state index contributed by atoms with van der Waals surface area (Å²) in [6, 6.07) is 13.4. The molecule has 0 heterocycles. The fourth-order valence-electron chi connectivity index (χ4n) is 2.28. The number of carbonyl (C=O) groups is 1. The fraction of sp³-hybridized carbons (Fsp3) is 0.158. The number of aryl methyl sites for hydroxylation is 2. The summed E-state index contributed by atoms with van der Waals surface area (Å²) < 4.78 is 0. The zero-order chi connectivity index (χ0) is 18.2. The van der Waals surface area contributed by atoms with Crippen LogP contribution in [-0.4, -0.2) is 11.0 Å². The van der Waals surface area contributed by atoms with Crippen LogP contribution in [0.2, 0.25) is 5.02 Å². The summed E-state index contributed by atoms with van der Waals surface area (Å²) in [5.41, 5.74) is 9.21. The Morgan fingerprint density at radius 2 is 1.92 bits per heavy atom. The van der Waals surface area contributed by atoms with E-state index in [1.54, 1.807) is 12.1 Å². The number of hydrogen-bond acceptors (Lipinski definition) is 2. The predicted molar refractivity (Wildman–Crippen MR) is 109 cm³/mol. The first kappa shape index (κ1) is 19.0. The Kier molecular flexibility index (Phi) is 6.98. The molecule has 0 aliphatic carbocycles. The van der Waals surface area contributed by atoms with Crippen molar-refractivity contribution in [2.24, 2.45) is 0 Å². The quantitative estimate of drug-likeness (QED) is 0.426. The molecule has 6 heteroatoms. The lowest BCUT2D eigenvalue weighted by molar-refractivity contribution is -0.116. The summed E-state index contributed by atoms with van der Waals surface area (Å²) in [5, 5.41) is 4.04. The number of benzene rings is 2. The number of nitrogens with one attached hydrogen (secondary N) is 3. The Bertz CT molecular complexity index is 805. The molecule has 2 aromatic rings. The van der Waals surface area contributed by atoms with Gasteiger partial charge in [0.05, 0.1) is 0 Å². The van der Waals surface area contributed by atoms with Gasteiger partial charge >= 0.3 is 0 Å². The molecule has 25 heavy (non-hydrogen) atoms. The van der Waals surface area contributed by atoms with Gasteiger partial charge in [0.2, 0.25) is 0 Å². The van der Waals surface area contributed by atoms with E-state index in [4.69, 9.17) is 23.8 Å². The number of rotatable bonds is 4. The van der Waals surface area contributed by atoms with Crippen LogP contribution in [0, 0.1) is 6.92 Å². The smallest absolute Gasteiger partial charge is 0.262 e. The highest BCUT2D eigenvalue weighted by Crippen LogP contribution is 2.20. The fourth-order valence-corrected chi connectivity index (χ4v) is 2.63. The van der Waals surface area contributed by atoms with Gasteiger partial charge < -0.3 is 5.32 Å². The molecule has 3 N–H and O–H groups in total. The normalized spacial score (nSPS) is 10.5. The maximum absolute atomic E-state index is 11.9. The van der Waals surface area contributed by atoms with Gasteiger partial charge in [-0.25, -0.2) is 0 Å². The maximum atomic E-state index is 11.9. The standard InChI is InChI=1S/C19H20ClN3OS/c1-3-14-9-6-7-13(2)18(14)21-19(25)23-22-17(24)12-11-15-8-4-5-10-16(15)20/h4-12H,3H2,1-2H3,(H,22,24)(H2,21,23,25)/b12-11+. The summed E-state index contributed by atoms with van der Waals surface area (Å²) in [4.78, 5) is 11.9. The second kappa shape index (κ2) is 9.20. The van der Waals surface area contributed by atoms with Crippen molar-refractivity contribution in [2.75, 3.05) is 5.32 Å². The highest BCUT2D eigenvalue weighted by atomic mass is 35.5. The van der Waals surface area contributed by atoms with Crippen molar-refractivity contribution in [3.63, 3.8) is 0 Å². The molecule has 1 amide bonds. The molecule has 0 aliphatic rings. The number of hydrazine groups is 1. The molecule has 0 saturated carbocycles. The third-order valence-corrected chi connectivity index (χ3v) is 4.15. The lowest BCUT2D eigenvalue weighted by atomic mass is 10.1. The molecule has 4 nitrogen and oxygen atoms in total. The SMILES string of the molecule is CCc1cccc(C)c1NC(=S)NNC(=O)/C=C/c1ccccc1Cl. The van der Waals surface area contributed by atoms with Crippen LogP contribution in [-0.2, 0) is 11.2 Å². The molecule has 0 atom stereocenters. The van der Waals surface area contributed by atoms with Crippen molar-refractivity contribution in [3.05, 3.63) is 70.3 Å². The molecule has 2 rings (SSSR count). The van der Waals surface area contributed by atoms with E-state index in [2.05, 4.69) is 23.1 Å².